The number of hydrogen-bond donors (Lipinski definition) is 2. The third kappa shape index (κ3) is 5.92. The minimum atomic E-state index is 0. The number of halogens is 3. The maximum Gasteiger partial charge on any atom is 0.225 e. The highest BCUT2D eigenvalue weighted by molar-refractivity contribution is 6.30. The Labute approximate surface area is 190 Å². The zero-order chi connectivity index (χ0) is 18.8. The van der Waals surface area contributed by atoms with Crippen LogP contribution in [0.3, 0.4) is 0 Å². The standard InChI is InChI=1S/C21H30ClN3O2.2ClH/c22-16-3-5-18(6-4-16)27-12-11-25-9-7-17(8-10-25)24-21(26)19-14-1-2-15(13-14)20(19)23;;/h3-6,14-15,17,19-20H,1-2,7-13,23H2,(H,24,26);2*1H. The summed E-state index contributed by atoms with van der Waals surface area (Å²) in [5.74, 6) is 2.21. The first kappa shape index (κ1) is 24.5. The number of ether oxygens (including phenoxy) is 1. The summed E-state index contributed by atoms with van der Waals surface area (Å²) in [6.45, 7) is 3.56. The lowest BCUT2D eigenvalue weighted by Crippen LogP contribution is -2.51. The molecule has 4 atom stereocenters. The highest BCUT2D eigenvalue weighted by Crippen LogP contribution is 2.47. The van der Waals surface area contributed by atoms with E-state index in [9.17, 15) is 4.79 Å². The smallest absolute Gasteiger partial charge is 0.225 e. The number of amides is 1. The fourth-order valence-electron chi connectivity index (χ4n) is 5.15. The number of hydrogen-bond acceptors (Lipinski definition) is 4. The molecule has 1 aromatic rings. The summed E-state index contributed by atoms with van der Waals surface area (Å²) in [5, 5.41) is 4.01. The Balaban J connectivity index is 0.00000150. The lowest BCUT2D eigenvalue weighted by molar-refractivity contribution is -0.128. The molecule has 0 spiro atoms. The topological polar surface area (TPSA) is 67.6 Å². The summed E-state index contributed by atoms with van der Waals surface area (Å²) in [5.41, 5.74) is 6.31. The van der Waals surface area contributed by atoms with E-state index >= 15 is 0 Å². The Morgan fingerprint density at radius 3 is 2.38 bits per heavy atom. The van der Waals surface area contributed by atoms with Crippen LogP contribution in [0.2, 0.25) is 5.02 Å². The average molecular weight is 465 g/mol. The molecule has 2 saturated carbocycles. The van der Waals surface area contributed by atoms with Crippen LogP contribution in [0.1, 0.15) is 32.1 Å². The quantitative estimate of drug-likeness (QED) is 0.676. The first-order valence-corrected chi connectivity index (χ1v) is 10.6. The second kappa shape index (κ2) is 11.1. The molecule has 3 fully saturated rings. The maximum absolute atomic E-state index is 12.7. The largest absolute Gasteiger partial charge is 0.492 e. The van der Waals surface area contributed by atoms with E-state index in [1.165, 1.54) is 12.8 Å². The Morgan fingerprint density at radius 1 is 1.10 bits per heavy atom. The van der Waals surface area contributed by atoms with Gasteiger partial charge in [-0.1, -0.05) is 11.6 Å². The van der Waals surface area contributed by atoms with E-state index in [1.54, 1.807) is 0 Å². The van der Waals surface area contributed by atoms with Crippen molar-refractivity contribution in [2.45, 2.75) is 44.2 Å². The minimum absolute atomic E-state index is 0. The number of carbonyl (C=O) groups excluding carboxylic acids is 1. The van der Waals surface area contributed by atoms with Gasteiger partial charge in [0.2, 0.25) is 5.91 Å². The van der Waals surface area contributed by atoms with Gasteiger partial charge in [0, 0.05) is 36.7 Å². The summed E-state index contributed by atoms with van der Waals surface area (Å²) in [6.07, 6.45) is 5.56. The van der Waals surface area contributed by atoms with Crippen LogP contribution >= 0.6 is 36.4 Å². The number of benzene rings is 1. The van der Waals surface area contributed by atoms with Crippen LogP contribution in [0.5, 0.6) is 5.75 Å². The van der Waals surface area contributed by atoms with Crippen molar-refractivity contribution in [1.82, 2.24) is 10.2 Å². The third-order valence-corrected chi connectivity index (χ3v) is 6.96. The molecule has 29 heavy (non-hydrogen) atoms. The molecule has 1 aromatic carbocycles. The van der Waals surface area contributed by atoms with E-state index in [4.69, 9.17) is 22.1 Å². The van der Waals surface area contributed by atoms with Gasteiger partial charge in [0.25, 0.3) is 0 Å². The molecule has 3 N–H and O–H groups in total. The van der Waals surface area contributed by atoms with Crippen molar-refractivity contribution in [2.24, 2.45) is 23.5 Å². The monoisotopic (exact) mass is 463 g/mol. The third-order valence-electron chi connectivity index (χ3n) is 6.71. The van der Waals surface area contributed by atoms with Gasteiger partial charge in [-0.25, -0.2) is 0 Å². The highest BCUT2D eigenvalue weighted by atomic mass is 35.5. The Morgan fingerprint density at radius 2 is 1.76 bits per heavy atom. The summed E-state index contributed by atoms with van der Waals surface area (Å²) >= 11 is 5.88. The van der Waals surface area contributed by atoms with Gasteiger partial charge in [0.05, 0.1) is 5.92 Å². The molecular weight excluding hydrogens is 433 g/mol. The van der Waals surface area contributed by atoms with Crippen molar-refractivity contribution in [2.75, 3.05) is 26.2 Å². The van der Waals surface area contributed by atoms with Crippen LogP contribution in [-0.4, -0.2) is 49.1 Å². The van der Waals surface area contributed by atoms with E-state index in [0.29, 0.717) is 18.4 Å². The predicted molar refractivity (Wildman–Crippen MR) is 121 cm³/mol. The second-order valence-electron chi connectivity index (χ2n) is 8.36. The molecule has 164 valence electrons. The second-order valence-corrected chi connectivity index (χ2v) is 8.80. The van der Waals surface area contributed by atoms with Crippen molar-refractivity contribution >= 4 is 42.3 Å². The van der Waals surface area contributed by atoms with E-state index in [0.717, 1.165) is 49.7 Å². The molecule has 3 aliphatic rings. The van der Waals surface area contributed by atoms with Crippen LogP contribution in [0.15, 0.2) is 24.3 Å². The molecule has 8 heteroatoms. The van der Waals surface area contributed by atoms with Crippen molar-refractivity contribution < 1.29 is 9.53 Å². The van der Waals surface area contributed by atoms with E-state index in [1.807, 2.05) is 24.3 Å². The molecule has 4 unspecified atom stereocenters. The van der Waals surface area contributed by atoms with Crippen LogP contribution in [-0.2, 0) is 4.79 Å². The lowest BCUT2D eigenvalue weighted by atomic mass is 9.84. The molecule has 2 aliphatic carbocycles. The number of likely N-dealkylation sites (tertiary alicyclic amines) is 1. The molecule has 4 rings (SSSR count). The van der Waals surface area contributed by atoms with Crippen molar-refractivity contribution in [3.8, 4) is 5.75 Å². The van der Waals surface area contributed by atoms with E-state index < -0.39 is 0 Å². The van der Waals surface area contributed by atoms with Crippen molar-refractivity contribution in [3.05, 3.63) is 29.3 Å². The zero-order valence-corrected chi connectivity index (χ0v) is 19.0. The normalized spacial score (nSPS) is 29.0. The Bertz CT molecular complexity index is 651. The van der Waals surface area contributed by atoms with Crippen molar-refractivity contribution in [3.63, 3.8) is 0 Å². The predicted octanol–water partition coefficient (Wildman–Crippen LogP) is 3.52. The molecule has 1 heterocycles. The van der Waals surface area contributed by atoms with Gasteiger partial charge < -0.3 is 15.8 Å². The molecule has 5 nitrogen and oxygen atoms in total. The highest BCUT2D eigenvalue weighted by Gasteiger charge is 2.49. The van der Waals surface area contributed by atoms with Gasteiger partial charge in [-0.2, -0.15) is 0 Å². The van der Waals surface area contributed by atoms with Crippen LogP contribution in [0.4, 0.5) is 0 Å². The van der Waals surface area contributed by atoms with E-state index in [-0.39, 0.29) is 48.7 Å². The molecule has 1 aliphatic heterocycles. The number of piperidine rings is 1. The van der Waals surface area contributed by atoms with Crippen molar-refractivity contribution in [1.29, 1.82) is 0 Å². The van der Waals surface area contributed by atoms with Gasteiger partial charge in [-0.15, -0.1) is 24.8 Å². The first-order valence-electron chi connectivity index (χ1n) is 10.3. The number of nitrogens with one attached hydrogen (secondary N) is 1. The Kier molecular flexibility index (Phi) is 9.36. The molecule has 1 saturated heterocycles. The molecule has 0 radical (unpaired) electrons. The fourth-order valence-corrected chi connectivity index (χ4v) is 5.27. The molecular formula is C21H32Cl3N3O2. The number of nitrogens with zero attached hydrogens (tertiary/aromatic N) is 1. The average Bonchev–Trinajstić information content (AvgIpc) is 3.26. The lowest BCUT2D eigenvalue weighted by Gasteiger charge is -2.34. The Hall–Kier alpha value is -0.720. The minimum Gasteiger partial charge on any atom is -0.492 e. The van der Waals surface area contributed by atoms with E-state index in [2.05, 4.69) is 10.2 Å². The van der Waals surface area contributed by atoms with Crippen LogP contribution in [0.25, 0.3) is 0 Å². The first-order chi connectivity index (χ1) is 13.1. The number of rotatable bonds is 6. The van der Waals surface area contributed by atoms with Gasteiger partial charge in [0.1, 0.15) is 12.4 Å². The number of carbonyl (C=O) groups is 1. The van der Waals surface area contributed by atoms with Gasteiger partial charge in [-0.3, -0.25) is 9.69 Å². The number of nitrogens with two attached hydrogens (primary N) is 1. The summed E-state index contributed by atoms with van der Waals surface area (Å²) in [6, 6.07) is 7.83. The van der Waals surface area contributed by atoms with Crippen LogP contribution in [0, 0.1) is 17.8 Å². The molecule has 0 aromatic heterocycles. The van der Waals surface area contributed by atoms with Gasteiger partial charge in [0.15, 0.2) is 0 Å². The molecule has 1 amide bonds. The fraction of sp³-hybridized carbons (Fsp3) is 0.667. The summed E-state index contributed by atoms with van der Waals surface area (Å²) in [7, 11) is 0. The number of fused-ring (bicyclic) bond motifs is 2. The summed E-state index contributed by atoms with van der Waals surface area (Å²) < 4.78 is 5.78. The van der Waals surface area contributed by atoms with Crippen LogP contribution < -0.4 is 15.8 Å². The van der Waals surface area contributed by atoms with Gasteiger partial charge >= 0.3 is 0 Å². The zero-order valence-electron chi connectivity index (χ0n) is 16.6. The maximum atomic E-state index is 12.7. The summed E-state index contributed by atoms with van der Waals surface area (Å²) in [4.78, 5) is 15.1. The SMILES string of the molecule is Cl.Cl.NC1C2CCC(C2)C1C(=O)NC1CCN(CCOc2ccc(Cl)cc2)CC1. The van der Waals surface area contributed by atoms with Gasteiger partial charge in [-0.05, 0) is 68.2 Å². The molecule has 2 bridgehead atoms.